The van der Waals surface area contributed by atoms with Gasteiger partial charge in [-0.1, -0.05) is 17.3 Å². The van der Waals surface area contributed by atoms with Crippen molar-refractivity contribution in [2.24, 2.45) is 0 Å². The summed E-state index contributed by atoms with van der Waals surface area (Å²) in [4.78, 5) is 0. The molecule has 0 saturated carbocycles. The molecule has 0 amide bonds. The summed E-state index contributed by atoms with van der Waals surface area (Å²) in [7, 11) is 0. The van der Waals surface area contributed by atoms with E-state index < -0.39 is 0 Å². The van der Waals surface area contributed by atoms with Crippen LogP contribution in [-0.4, -0.2) is 32.5 Å². The normalized spacial score (nSPS) is 20.8. The van der Waals surface area contributed by atoms with Gasteiger partial charge in [0, 0.05) is 17.8 Å². The molecule has 1 saturated heterocycles. The van der Waals surface area contributed by atoms with Gasteiger partial charge in [-0.25, -0.2) is 4.68 Å². The molecule has 0 radical (unpaired) electrons. The Kier molecular flexibility index (Phi) is 4.38. The zero-order valence-electron chi connectivity index (χ0n) is 11.7. The van der Waals surface area contributed by atoms with Crippen LogP contribution in [0, 0.1) is 0 Å². The molecule has 106 valence electrons. The van der Waals surface area contributed by atoms with Crippen molar-refractivity contribution in [2.45, 2.75) is 31.8 Å². The van der Waals surface area contributed by atoms with E-state index in [0.29, 0.717) is 12.1 Å². The molecule has 1 fully saturated rings. The number of benzene rings is 1. The van der Waals surface area contributed by atoms with Crippen molar-refractivity contribution in [2.75, 3.05) is 11.5 Å². The van der Waals surface area contributed by atoms with Crippen molar-refractivity contribution >= 4 is 11.8 Å². The molecule has 0 bridgehead atoms. The molecule has 3 rings (SSSR count). The van der Waals surface area contributed by atoms with Crippen molar-refractivity contribution in [1.82, 2.24) is 20.3 Å². The van der Waals surface area contributed by atoms with Crippen LogP contribution in [0.4, 0.5) is 0 Å². The summed E-state index contributed by atoms with van der Waals surface area (Å²) < 4.78 is 1.78. The minimum absolute atomic E-state index is 0.392. The second-order valence-electron chi connectivity index (χ2n) is 5.24. The maximum Gasteiger partial charge on any atom is 0.0697 e. The zero-order chi connectivity index (χ0) is 13.8. The summed E-state index contributed by atoms with van der Waals surface area (Å²) in [6.45, 7) is 2.24. The van der Waals surface area contributed by atoms with Crippen LogP contribution in [-0.2, 0) is 0 Å². The quantitative estimate of drug-likeness (QED) is 0.939. The van der Waals surface area contributed by atoms with E-state index in [1.165, 1.54) is 29.9 Å². The topological polar surface area (TPSA) is 42.7 Å². The third-order valence-corrected chi connectivity index (χ3v) is 4.94. The minimum Gasteiger partial charge on any atom is -0.307 e. The molecule has 2 aromatic rings. The lowest BCUT2D eigenvalue weighted by Gasteiger charge is -2.26. The van der Waals surface area contributed by atoms with Gasteiger partial charge >= 0.3 is 0 Å². The van der Waals surface area contributed by atoms with Gasteiger partial charge in [-0.05, 0) is 43.2 Å². The molecular weight excluding hydrogens is 268 g/mol. The molecule has 1 N–H and O–H groups in total. The Morgan fingerprint density at radius 1 is 1.35 bits per heavy atom. The first kappa shape index (κ1) is 13.6. The van der Waals surface area contributed by atoms with Gasteiger partial charge in [0.15, 0.2) is 0 Å². The lowest BCUT2D eigenvalue weighted by Crippen LogP contribution is -2.35. The van der Waals surface area contributed by atoms with Gasteiger partial charge in [0.2, 0.25) is 0 Å². The van der Waals surface area contributed by atoms with Crippen LogP contribution in [0.1, 0.15) is 31.4 Å². The second-order valence-corrected chi connectivity index (χ2v) is 6.39. The van der Waals surface area contributed by atoms with E-state index in [9.17, 15) is 0 Å². The van der Waals surface area contributed by atoms with E-state index in [1.807, 2.05) is 6.20 Å². The number of aromatic nitrogens is 3. The fourth-order valence-electron chi connectivity index (χ4n) is 2.58. The Morgan fingerprint density at radius 2 is 2.20 bits per heavy atom. The van der Waals surface area contributed by atoms with Crippen LogP contribution in [0.15, 0.2) is 36.7 Å². The van der Waals surface area contributed by atoms with Gasteiger partial charge in [0.1, 0.15) is 0 Å². The number of rotatable bonds is 4. The van der Waals surface area contributed by atoms with Gasteiger partial charge in [0.05, 0.1) is 18.1 Å². The molecule has 2 unspecified atom stereocenters. The summed E-state index contributed by atoms with van der Waals surface area (Å²) in [5.41, 5.74) is 2.37. The van der Waals surface area contributed by atoms with Crippen molar-refractivity contribution in [3.63, 3.8) is 0 Å². The first-order valence-corrected chi connectivity index (χ1v) is 8.29. The SMILES string of the molecule is CC(NC1CCCSC1)c1ccc(-n2ccnn2)cc1. The highest BCUT2D eigenvalue weighted by molar-refractivity contribution is 7.99. The summed E-state index contributed by atoms with van der Waals surface area (Å²) in [6, 6.07) is 9.58. The molecule has 20 heavy (non-hydrogen) atoms. The average Bonchev–Trinajstić information content (AvgIpc) is 3.03. The van der Waals surface area contributed by atoms with E-state index in [-0.39, 0.29) is 0 Å². The second kappa shape index (κ2) is 6.41. The van der Waals surface area contributed by atoms with E-state index >= 15 is 0 Å². The standard InChI is InChI=1S/C15H20N4S/c1-12(17-14-3-2-10-20-11-14)13-4-6-15(7-5-13)19-9-8-16-18-19/h4-9,12,14,17H,2-3,10-11H2,1H3. The Morgan fingerprint density at radius 3 is 2.85 bits per heavy atom. The number of nitrogens with zero attached hydrogens (tertiary/aromatic N) is 3. The smallest absolute Gasteiger partial charge is 0.0697 e. The first-order valence-electron chi connectivity index (χ1n) is 7.13. The Labute approximate surface area is 124 Å². The summed E-state index contributed by atoms with van der Waals surface area (Å²) in [6.07, 6.45) is 6.18. The Hall–Kier alpha value is -1.33. The molecule has 4 nitrogen and oxygen atoms in total. The number of nitrogens with one attached hydrogen (secondary N) is 1. The highest BCUT2D eigenvalue weighted by Crippen LogP contribution is 2.21. The average molecular weight is 288 g/mol. The van der Waals surface area contributed by atoms with Crippen LogP contribution in [0.25, 0.3) is 5.69 Å². The highest BCUT2D eigenvalue weighted by Gasteiger charge is 2.16. The molecule has 1 aliphatic heterocycles. The van der Waals surface area contributed by atoms with Crippen LogP contribution in [0.3, 0.4) is 0 Å². The van der Waals surface area contributed by atoms with Crippen molar-refractivity contribution < 1.29 is 0 Å². The largest absolute Gasteiger partial charge is 0.307 e. The van der Waals surface area contributed by atoms with Crippen molar-refractivity contribution in [1.29, 1.82) is 0 Å². The summed E-state index contributed by atoms with van der Waals surface area (Å²) >= 11 is 2.06. The highest BCUT2D eigenvalue weighted by atomic mass is 32.2. The number of hydrogen-bond acceptors (Lipinski definition) is 4. The maximum absolute atomic E-state index is 4.00. The third-order valence-electron chi connectivity index (χ3n) is 3.73. The fraction of sp³-hybridized carbons (Fsp3) is 0.467. The maximum atomic E-state index is 4.00. The number of thioether (sulfide) groups is 1. The summed E-state index contributed by atoms with van der Waals surface area (Å²) in [5.74, 6) is 2.56. The molecular formula is C15H20N4S. The predicted molar refractivity (Wildman–Crippen MR) is 83.3 cm³/mol. The van der Waals surface area contributed by atoms with Gasteiger partial charge in [-0.15, -0.1) is 5.10 Å². The van der Waals surface area contributed by atoms with E-state index in [2.05, 4.69) is 58.6 Å². The molecule has 1 aromatic carbocycles. The lowest BCUT2D eigenvalue weighted by atomic mass is 10.1. The number of hydrogen-bond donors (Lipinski definition) is 1. The molecule has 1 aliphatic rings. The van der Waals surface area contributed by atoms with Crippen molar-refractivity contribution in [3.05, 3.63) is 42.2 Å². The van der Waals surface area contributed by atoms with E-state index in [0.717, 1.165) is 5.69 Å². The van der Waals surface area contributed by atoms with Crippen molar-refractivity contribution in [3.8, 4) is 5.69 Å². The minimum atomic E-state index is 0.392. The lowest BCUT2D eigenvalue weighted by molar-refractivity contribution is 0.452. The molecule has 0 aliphatic carbocycles. The molecule has 2 atom stereocenters. The van der Waals surface area contributed by atoms with Crippen LogP contribution in [0.5, 0.6) is 0 Å². The monoisotopic (exact) mass is 288 g/mol. The fourth-order valence-corrected chi connectivity index (χ4v) is 3.67. The van der Waals surface area contributed by atoms with E-state index in [1.54, 1.807) is 10.9 Å². The predicted octanol–water partition coefficient (Wildman–Crippen LogP) is 2.81. The van der Waals surface area contributed by atoms with Crippen LogP contribution in [0.2, 0.25) is 0 Å². The molecule has 5 heteroatoms. The third kappa shape index (κ3) is 3.22. The molecule has 1 aromatic heterocycles. The van der Waals surface area contributed by atoms with Crippen LogP contribution >= 0.6 is 11.8 Å². The van der Waals surface area contributed by atoms with Gasteiger partial charge < -0.3 is 5.32 Å². The van der Waals surface area contributed by atoms with Gasteiger partial charge in [-0.3, -0.25) is 0 Å². The van der Waals surface area contributed by atoms with Crippen LogP contribution < -0.4 is 5.32 Å². The first-order chi connectivity index (χ1) is 9.83. The van der Waals surface area contributed by atoms with Gasteiger partial charge in [0.25, 0.3) is 0 Å². The molecule has 2 heterocycles. The van der Waals surface area contributed by atoms with Gasteiger partial charge in [-0.2, -0.15) is 11.8 Å². The Bertz CT molecular complexity index is 517. The Balaban J connectivity index is 1.64. The summed E-state index contributed by atoms with van der Waals surface area (Å²) in [5, 5.41) is 11.6. The molecule has 0 spiro atoms. The van der Waals surface area contributed by atoms with E-state index in [4.69, 9.17) is 0 Å². The zero-order valence-corrected chi connectivity index (χ0v) is 12.5.